The third-order valence-electron chi connectivity index (χ3n) is 3.62. The van der Waals surface area contributed by atoms with Crippen molar-refractivity contribution in [1.82, 2.24) is 15.1 Å². The van der Waals surface area contributed by atoms with E-state index < -0.39 is 5.97 Å². The first-order valence-electron chi connectivity index (χ1n) is 7.53. The van der Waals surface area contributed by atoms with Gasteiger partial charge in [0.25, 0.3) is 5.91 Å². The second kappa shape index (κ2) is 7.09. The number of aryl methyl sites for hydroxylation is 1. The molecule has 0 aliphatic heterocycles. The van der Waals surface area contributed by atoms with Crippen molar-refractivity contribution in [3.05, 3.63) is 52.8 Å². The molecule has 1 aromatic heterocycles. The summed E-state index contributed by atoms with van der Waals surface area (Å²) in [6.07, 6.45) is 0.639. The third kappa shape index (κ3) is 4.18. The Morgan fingerprint density at radius 2 is 1.91 bits per heavy atom. The molecule has 0 bridgehead atoms. The van der Waals surface area contributed by atoms with Gasteiger partial charge in [-0.15, -0.1) is 0 Å². The van der Waals surface area contributed by atoms with Crippen LogP contribution < -0.4 is 5.32 Å². The molecule has 6 nitrogen and oxygen atoms in total. The highest BCUT2D eigenvalue weighted by atomic mass is 16.4. The molecule has 1 aromatic carbocycles. The van der Waals surface area contributed by atoms with Gasteiger partial charge in [-0.2, -0.15) is 5.10 Å². The van der Waals surface area contributed by atoms with Crippen LogP contribution in [0.5, 0.6) is 0 Å². The number of aromatic nitrogens is 2. The van der Waals surface area contributed by atoms with Crippen molar-refractivity contribution in [3.8, 4) is 0 Å². The van der Waals surface area contributed by atoms with Gasteiger partial charge in [0.1, 0.15) is 5.69 Å². The number of carbonyl (C=O) groups is 2. The van der Waals surface area contributed by atoms with Crippen LogP contribution >= 0.6 is 0 Å². The second-order valence-corrected chi connectivity index (χ2v) is 5.74. The van der Waals surface area contributed by atoms with Crippen LogP contribution in [0.3, 0.4) is 0 Å². The van der Waals surface area contributed by atoms with Gasteiger partial charge >= 0.3 is 5.97 Å². The van der Waals surface area contributed by atoms with E-state index in [0.717, 1.165) is 11.3 Å². The van der Waals surface area contributed by atoms with Crippen molar-refractivity contribution in [2.75, 3.05) is 6.54 Å². The lowest BCUT2D eigenvalue weighted by Crippen LogP contribution is -2.27. The van der Waals surface area contributed by atoms with Gasteiger partial charge in [-0.3, -0.25) is 9.48 Å². The van der Waals surface area contributed by atoms with E-state index in [1.165, 1.54) is 0 Å². The SMILES string of the molecule is CC(C)c1cc(C(=O)NCCc2ccc(C(=O)O)cc2)n(C)n1. The standard InChI is InChI=1S/C17H21N3O3/c1-11(2)14-10-15(20(3)19-14)16(21)18-9-8-12-4-6-13(7-5-12)17(22)23/h4-7,10-11H,8-9H2,1-3H3,(H,18,21)(H,22,23). The molecule has 6 heteroatoms. The summed E-state index contributed by atoms with van der Waals surface area (Å²) in [7, 11) is 1.76. The van der Waals surface area contributed by atoms with E-state index in [0.29, 0.717) is 18.7 Å². The number of carboxylic acids is 1. The maximum atomic E-state index is 12.2. The monoisotopic (exact) mass is 315 g/mol. The Kier molecular flexibility index (Phi) is 5.16. The fraction of sp³-hybridized carbons (Fsp3) is 0.353. The second-order valence-electron chi connectivity index (χ2n) is 5.74. The number of nitrogens with zero attached hydrogens (tertiary/aromatic N) is 2. The van der Waals surface area contributed by atoms with Crippen LogP contribution in [0.2, 0.25) is 0 Å². The molecule has 0 atom stereocenters. The van der Waals surface area contributed by atoms with Crippen LogP contribution in [0.1, 0.15) is 51.9 Å². The van der Waals surface area contributed by atoms with E-state index in [1.54, 1.807) is 36.0 Å². The molecular formula is C17H21N3O3. The maximum Gasteiger partial charge on any atom is 0.335 e. The van der Waals surface area contributed by atoms with Crippen molar-refractivity contribution < 1.29 is 14.7 Å². The van der Waals surface area contributed by atoms with Crippen LogP contribution in [0.4, 0.5) is 0 Å². The van der Waals surface area contributed by atoms with Crippen molar-refractivity contribution in [3.63, 3.8) is 0 Å². The smallest absolute Gasteiger partial charge is 0.335 e. The Morgan fingerprint density at radius 3 is 2.43 bits per heavy atom. The molecule has 1 amide bonds. The number of hydrogen-bond acceptors (Lipinski definition) is 3. The summed E-state index contributed by atoms with van der Waals surface area (Å²) >= 11 is 0. The first-order chi connectivity index (χ1) is 10.9. The van der Waals surface area contributed by atoms with Crippen LogP contribution in [0, 0.1) is 0 Å². The number of carboxylic acid groups (broad SMARTS) is 1. The van der Waals surface area contributed by atoms with Gasteiger partial charge < -0.3 is 10.4 Å². The molecule has 0 spiro atoms. The Labute approximate surface area is 135 Å². The summed E-state index contributed by atoms with van der Waals surface area (Å²) in [5.41, 5.74) is 2.66. The van der Waals surface area contributed by atoms with E-state index in [2.05, 4.69) is 10.4 Å². The first kappa shape index (κ1) is 16.7. The molecule has 0 fully saturated rings. The average molecular weight is 315 g/mol. The molecule has 2 rings (SSSR count). The van der Waals surface area contributed by atoms with Crippen LogP contribution in [0.25, 0.3) is 0 Å². The minimum absolute atomic E-state index is 0.158. The molecule has 0 aliphatic carbocycles. The number of carbonyl (C=O) groups excluding carboxylic acids is 1. The van der Waals surface area contributed by atoms with Gasteiger partial charge in [0.05, 0.1) is 11.3 Å². The highest BCUT2D eigenvalue weighted by molar-refractivity contribution is 5.92. The summed E-state index contributed by atoms with van der Waals surface area (Å²) in [5, 5.41) is 16.0. The van der Waals surface area contributed by atoms with Gasteiger partial charge in [0.15, 0.2) is 0 Å². The Balaban J connectivity index is 1.90. The predicted molar refractivity (Wildman–Crippen MR) is 86.7 cm³/mol. The number of hydrogen-bond donors (Lipinski definition) is 2. The number of benzene rings is 1. The number of nitrogens with one attached hydrogen (secondary N) is 1. The molecule has 2 aromatic rings. The summed E-state index contributed by atoms with van der Waals surface area (Å²) in [6.45, 7) is 4.54. The number of amides is 1. The van der Waals surface area contributed by atoms with E-state index in [1.807, 2.05) is 19.9 Å². The lowest BCUT2D eigenvalue weighted by molar-refractivity contribution is 0.0696. The summed E-state index contributed by atoms with van der Waals surface area (Å²) < 4.78 is 1.59. The van der Waals surface area contributed by atoms with Gasteiger partial charge in [0, 0.05) is 13.6 Å². The summed E-state index contributed by atoms with van der Waals surface area (Å²) in [4.78, 5) is 23.0. The van der Waals surface area contributed by atoms with Crippen LogP contribution in [-0.2, 0) is 13.5 Å². The predicted octanol–water partition coefficient (Wildman–Crippen LogP) is 2.21. The summed E-state index contributed by atoms with van der Waals surface area (Å²) in [5.74, 6) is -0.827. The fourth-order valence-corrected chi connectivity index (χ4v) is 2.21. The molecule has 0 saturated heterocycles. The molecular weight excluding hydrogens is 294 g/mol. The molecule has 122 valence electrons. The van der Waals surface area contributed by atoms with Gasteiger partial charge in [-0.1, -0.05) is 26.0 Å². The quantitative estimate of drug-likeness (QED) is 0.856. The molecule has 0 saturated carbocycles. The highest BCUT2D eigenvalue weighted by Gasteiger charge is 2.14. The minimum Gasteiger partial charge on any atom is -0.478 e. The lowest BCUT2D eigenvalue weighted by atomic mass is 10.1. The van der Waals surface area contributed by atoms with Gasteiger partial charge in [0.2, 0.25) is 0 Å². The average Bonchev–Trinajstić information content (AvgIpc) is 2.90. The molecule has 0 aliphatic rings. The number of rotatable bonds is 6. The molecule has 0 radical (unpaired) electrons. The minimum atomic E-state index is -0.943. The van der Waals surface area contributed by atoms with Crippen LogP contribution in [-0.4, -0.2) is 33.3 Å². The molecule has 23 heavy (non-hydrogen) atoms. The molecule has 2 N–H and O–H groups in total. The van der Waals surface area contributed by atoms with E-state index in [-0.39, 0.29) is 17.4 Å². The third-order valence-corrected chi connectivity index (χ3v) is 3.62. The molecule has 0 unspecified atom stereocenters. The normalized spacial score (nSPS) is 10.8. The van der Waals surface area contributed by atoms with E-state index >= 15 is 0 Å². The Morgan fingerprint density at radius 1 is 1.26 bits per heavy atom. The maximum absolute atomic E-state index is 12.2. The largest absolute Gasteiger partial charge is 0.478 e. The Bertz CT molecular complexity index is 702. The van der Waals surface area contributed by atoms with Crippen molar-refractivity contribution >= 4 is 11.9 Å². The number of aromatic carboxylic acids is 1. The summed E-state index contributed by atoms with van der Waals surface area (Å²) in [6, 6.07) is 8.46. The van der Waals surface area contributed by atoms with Gasteiger partial charge in [-0.25, -0.2) is 4.79 Å². The first-order valence-corrected chi connectivity index (χ1v) is 7.53. The lowest BCUT2D eigenvalue weighted by Gasteiger charge is -2.06. The Hall–Kier alpha value is -2.63. The van der Waals surface area contributed by atoms with Crippen molar-refractivity contribution in [2.24, 2.45) is 7.05 Å². The highest BCUT2D eigenvalue weighted by Crippen LogP contribution is 2.13. The van der Waals surface area contributed by atoms with Crippen LogP contribution in [0.15, 0.2) is 30.3 Å². The molecule has 1 heterocycles. The topological polar surface area (TPSA) is 84.2 Å². The van der Waals surface area contributed by atoms with E-state index in [9.17, 15) is 9.59 Å². The zero-order valence-corrected chi connectivity index (χ0v) is 13.5. The van der Waals surface area contributed by atoms with Crippen molar-refractivity contribution in [2.45, 2.75) is 26.2 Å². The fourth-order valence-electron chi connectivity index (χ4n) is 2.21. The zero-order valence-electron chi connectivity index (χ0n) is 13.5. The zero-order chi connectivity index (χ0) is 17.0. The van der Waals surface area contributed by atoms with Crippen molar-refractivity contribution in [1.29, 1.82) is 0 Å². The van der Waals surface area contributed by atoms with E-state index in [4.69, 9.17) is 5.11 Å². The van der Waals surface area contributed by atoms with Gasteiger partial charge in [-0.05, 0) is 36.1 Å².